The predicted octanol–water partition coefficient (Wildman–Crippen LogP) is 1.59. The lowest BCUT2D eigenvalue weighted by molar-refractivity contribution is 0.121. The number of hydrogen-bond donors (Lipinski definition) is 1. The molecule has 1 saturated heterocycles. The van der Waals surface area contributed by atoms with Crippen LogP contribution in [0.5, 0.6) is 5.75 Å². The molecule has 6 heteroatoms. The largest absolute Gasteiger partial charge is 0.508 e. The monoisotopic (exact) mass is 261 g/mol. The van der Waals surface area contributed by atoms with E-state index in [0.717, 1.165) is 24.2 Å². The number of anilines is 1. The van der Waals surface area contributed by atoms with Gasteiger partial charge in [0.05, 0.1) is 13.2 Å². The Morgan fingerprint density at radius 2 is 2.05 bits per heavy atom. The number of aromatic nitrogens is 2. The highest BCUT2D eigenvalue weighted by Gasteiger charge is 2.19. The summed E-state index contributed by atoms with van der Waals surface area (Å²) in [7, 11) is 0. The average molecular weight is 261 g/mol. The number of benzene rings is 1. The highest BCUT2D eigenvalue weighted by molar-refractivity contribution is 5.62. The van der Waals surface area contributed by atoms with Crippen LogP contribution in [-0.2, 0) is 4.74 Å². The van der Waals surface area contributed by atoms with Gasteiger partial charge in [-0.25, -0.2) is 0 Å². The first-order valence-electron chi connectivity index (χ1n) is 6.21. The third kappa shape index (κ3) is 2.26. The number of aromatic hydroxyl groups is 1. The molecule has 19 heavy (non-hydrogen) atoms. The number of hydrogen-bond acceptors (Lipinski definition) is 6. The molecule has 0 aliphatic carbocycles. The van der Waals surface area contributed by atoms with Crippen LogP contribution in [0.25, 0.3) is 11.5 Å². The Hall–Kier alpha value is -2.08. The molecule has 0 bridgehead atoms. The molecule has 0 radical (unpaired) electrons. The number of phenolic OH excluding ortho intramolecular Hbond substituents is 1. The molecule has 0 spiro atoms. The molecule has 2 aromatic rings. The van der Waals surface area contributed by atoms with E-state index in [4.69, 9.17) is 9.26 Å². The number of phenols is 1. The van der Waals surface area contributed by atoms with Crippen LogP contribution in [0.3, 0.4) is 0 Å². The first-order valence-corrected chi connectivity index (χ1v) is 6.21. The molecule has 0 unspecified atom stereocenters. The average Bonchev–Trinajstić information content (AvgIpc) is 2.92. The molecule has 1 aromatic carbocycles. The Balaban J connectivity index is 1.90. The minimum atomic E-state index is 0.226. The van der Waals surface area contributed by atoms with E-state index in [1.165, 1.54) is 0 Å². The van der Waals surface area contributed by atoms with Gasteiger partial charge in [-0.05, 0) is 24.2 Å². The summed E-state index contributed by atoms with van der Waals surface area (Å²) in [5.41, 5.74) is 1.49. The number of ether oxygens (including phenoxy) is 1. The third-order valence-electron chi connectivity index (χ3n) is 3.24. The number of nitrogens with zero attached hydrogens (tertiary/aromatic N) is 3. The molecule has 1 aliphatic rings. The molecular weight excluding hydrogens is 246 g/mol. The van der Waals surface area contributed by atoms with E-state index >= 15 is 0 Å². The molecule has 1 aliphatic heterocycles. The van der Waals surface area contributed by atoms with Crippen molar-refractivity contribution in [1.29, 1.82) is 0 Å². The molecule has 0 amide bonds. The minimum absolute atomic E-state index is 0.226. The van der Waals surface area contributed by atoms with Gasteiger partial charge in [-0.1, -0.05) is 6.07 Å². The van der Waals surface area contributed by atoms with Crippen molar-refractivity contribution in [2.45, 2.75) is 6.92 Å². The molecule has 3 rings (SSSR count). The van der Waals surface area contributed by atoms with E-state index in [1.54, 1.807) is 12.1 Å². The molecule has 2 heterocycles. The van der Waals surface area contributed by atoms with Crippen LogP contribution in [0.2, 0.25) is 0 Å². The fourth-order valence-electron chi connectivity index (χ4n) is 2.07. The highest BCUT2D eigenvalue weighted by Crippen LogP contribution is 2.29. The summed E-state index contributed by atoms with van der Waals surface area (Å²) >= 11 is 0. The van der Waals surface area contributed by atoms with Crippen molar-refractivity contribution in [3.8, 4) is 17.2 Å². The van der Waals surface area contributed by atoms with E-state index in [0.29, 0.717) is 25.1 Å². The van der Waals surface area contributed by atoms with Crippen LogP contribution in [-0.4, -0.2) is 41.6 Å². The molecule has 1 fully saturated rings. The van der Waals surface area contributed by atoms with Crippen LogP contribution >= 0.6 is 0 Å². The lowest BCUT2D eigenvalue weighted by Crippen LogP contribution is -2.36. The summed E-state index contributed by atoms with van der Waals surface area (Å²) in [5, 5.41) is 13.7. The third-order valence-corrected chi connectivity index (χ3v) is 3.24. The summed E-state index contributed by atoms with van der Waals surface area (Å²) in [6, 6.07) is 5.25. The number of rotatable bonds is 2. The van der Waals surface area contributed by atoms with Crippen molar-refractivity contribution in [2.24, 2.45) is 0 Å². The SMILES string of the molecule is Cc1c(O)cccc1-c1nc(N2CCOCC2)no1. The maximum absolute atomic E-state index is 9.70. The number of morpholine rings is 1. The lowest BCUT2D eigenvalue weighted by atomic mass is 10.1. The molecular formula is C13H15N3O3. The van der Waals surface area contributed by atoms with Gasteiger partial charge < -0.3 is 19.3 Å². The van der Waals surface area contributed by atoms with Crippen LogP contribution < -0.4 is 4.90 Å². The van der Waals surface area contributed by atoms with Crippen molar-refractivity contribution in [3.05, 3.63) is 23.8 Å². The maximum Gasteiger partial charge on any atom is 0.266 e. The zero-order valence-electron chi connectivity index (χ0n) is 10.7. The predicted molar refractivity (Wildman–Crippen MR) is 69.2 cm³/mol. The first-order chi connectivity index (χ1) is 9.25. The summed E-state index contributed by atoms with van der Waals surface area (Å²) < 4.78 is 10.6. The second-order valence-electron chi connectivity index (χ2n) is 4.45. The van der Waals surface area contributed by atoms with Crippen LogP contribution in [0, 0.1) is 6.92 Å². The second-order valence-corrected chi connectivity index (χ2v) is 4.45. The summed E-state index contributed by atoms with van der Waals surface area (Å²) in [5.74, 6) is 1.22. The fraction of sp³-hybridized carbons (Fsp3) is 0.385. The smallest absolute Gasteiger partial charge is 0.266 e. The standard InChI is InChI=1S/C13H15N3O3/c1-9-10(3-2-4-11(9)17)12-14-13(15-19-12)16-5-7-18-8-6-16/h2-4,17H,5-8H2,1H3. The summed E-state index contributed by atoms with van der Waals surface area (Å²) in [6.07, 6.45) is 0. The van der Waals surface area contributed by atoms with Gasteiger partial charge in [0.1, 0.15) is 5.75 Å². The molecule has 0 atom stereocenters. The normalized spacial score (nSPS) is 15.7. The van der Waals surface area contributed by atoms with Crippen LogP contribution in [0.15, 0.2) is 22.7 Å². The van der Waals surface area contributed by atoms with Gasteiger partial charge in [-0.3, -0.25) is 0 Å². The maximum atomic E-state index is 9.70. The van der Waals surface area contributed by atoms with Crippen molar-refractivity contribution in [2.75, 3.05) is 31.2 Å². The molecule has 100 valence electrons. The van der Waals surface area contributed by atoms with E-state index in [1.807, 2.05) is 17.9 Å². The van der Waals surface area contributed by atoms with Gasteiger partial charge in [0.25, 0.3) is 11.8 Å². The fourth-order valence-corrected chi connectivity index (χ4v) is 2.07. The quantitative estimate of drug-likeness (QED) is 0.885. The van der Waals surface area contributed by atoms with Crippen LogP contribution in [0.4, 0.5) is 5.95 Å². The van der Waals surface area contributed by atoms with Crippen molar-refractivity contribution in [3.63, 3.8) is 0 Å². The van der Waals surface area contributed by atoms with E-state index < -0.39 is 0 Å². The molecule has 0 saturated carbocycles. The summed E-state index contributed by atoms with van der Waals surface area (Å²) in [6.45, 7) is 4.70. The molecule has 6 nitrogen and oxygen atoms in total. The minimum Gasteiger partial charge on any atom is -0.508 e. The van der Waals surface area contributed by atoms with Gasteiger partial charge in [-0.15, -0.1) is 0 Å². The van der Waals surface area contributed by atoms with E-state index in [-0.39, 0.29) is 5.75 Å². The Bertz CT molecular complexity index is 576. The Morgan fingerprint density at radius 1 is 1.26 bits per heavy atom. The topological polar surface area (TPSA) is 71.6 Å². The molecule has 1 N–H and O–H groups in total. The zero-order valence-corrected chi connectivity index (χ0v) is 10.7. The van der Waals surface area contributed by atoms with E-state index in [2.05, 4.69) is 10.1 Å². The van der Waals surface area contributed by atoms with Gasteiger partial charge >= 0.3 is 0 Å². The Labute approximate surface area is 110 Å². The summed E-state index contributed by atoms with van der Waals surface area (Å²) in [4.78, 5) is 6.41. The second kappa shape index (κ2) is 4.89. The van der Waals surface area contributed by atoms with Crippen molar-refractivity contribution in [1.82, 2.24) is 10.1 Å². The Morgan fingerprint density at radius 3 is 2.84 bits per heavy atom. The van der Waals surface area contributed by atoms with E-state index in [9.17, 15) is 5.11 Å². The van der Waals surface area contributed by atoms with Gasteiger partial charge in [0.2, 0.25) is 0 Å². The van der Waals surface area contributed by atoms with Crippen LogP contribution in [0.1, 0.15) is 5.56 Å². The van der Waals surface area contributed by atoms with Gasteiger partial charge in [0, 0.05) is 24.2 Å². The van der Waals surface area contributed by atoms with Gasteiger partial charge in [0.15, 0.2) is 0 Å². The van der Waals surface area contributed by atoms with Crippen molar-refractivity contribution >= 4 is 5.95 Å². The Kier molecular flexibility index (Phi) is 3.08. The lowest BCUT2D eigenvalue weighted by Gasteiger charge is -2.24. The molecule has 1 aromatic heterocycles. The zero-order chi connectivity index (χ0) is 13.2. The van der Waals surface area contributed by atoms with Gasteiger partial charge in [-0.2, -0.15) is 4.98 Å². The highest BCUT2D eigenvalue weighted by atomic mass is 16.5. The van der Waals surface area contributed by atoms with Crippen molar-refractivity contribution < 1.29 is 14.4 Å². The first kappa shape index (κ1) is 12.0.